The quantitative estimate of drug-likeness (QED) is 0.713. The zero-order valence-electron chi connectivity index (χ0n) is 6.38. The predicted octanol–water partition coefficient (Wildman–Crippen LogP) is 3.67. The van der Waals surface area contributed by atoms with E-state index in [1.54, 1.807) is 12.1 Å². The average Bonchev–Trinajstić information content (AvgIpc) is 1.90. The Kier molecular flexibility index (Phi) is 40.6. The van der Waals surface area contributed by atoms with E-state index >= 15 is 0 Å². The molecule has 0 atom stereocenters. The van der Waals surface area contributed by atoms with Crippen molar-refractivity contribution in [2.24, 2.45) is 0 Å². The highest BCUT2D eigenvalue weighted by Crippen LogP contribution is 1.92. The van der Waals surface area contributed by atoms with E-state index in [4.69, 9.17) is 5.26 Å². The summed E-state index contributed by atoms with van der Waals surface area (Å²) in [4.78, 5) is 0. The summed E-state index contributed by atoms with van der Waals surface area (Å²) in [5.41, 5.74) is 0.715. The molecule has 0 spiro atoms. The van der Waals surface area contributed by atoms with Crippen LogP contribution in [0.15, 0.2) is 30.3 Å². The summed E-state index contributed by atoms with van der Waals surface area (Å²) in [5, 5.41) is 8.29. The molecule has 13 heavy (non-hydrogen) atoms. The molecule has 0 aromatic heterocycles. The van der Waals surface area contributed by atoms with E-state index < -0.39 is 0 Å². The van der Waals surface area contributed by atoms with E-state index in [9.17, 15) is 0 Å². The molecule has 0 heterocycles. The van der Waals surface area contributed by atoms with Crippen LogP contribution < -0.4 is 0 Å². The minimum atomic E-state index is 0. The van der Waals surface area contributed by atoms with Crippen molar-refractivity contribution in [1.82, 2.24) is 0 Å². The van der Waals surface area contributed by atoms with Crippen LogP contribution in [0.25, 0.3) is 0 Å². The summed E-state index contributed by atoms with van der Waals surface area (Å²) in [6.07, 6.45) is 0. The van der Waals surface area contributed by atoms with Gasteiger partial charge >= 0.3 is 0 Å². The summed E-state index contributed by atoms with van der Waals surface area (Å²) in [6.45, 7) is 0. The first-order valence-electron chi connectivity index (χ1n) is 2.38. The fourth-order valence-corrected chi connectivity index (χ4v) is 0.513. The Morgan fingerprint density at radius 1 is 0.769 bits per heavy atom. The first kappa shape index (κ1) is 29.2. The van der Waals surface area contributed by atoms with Crippen LogP contribution in [0.2, 0.25) is 0 Å². The molecular weight excluding hydrogens is 275 g/mol. The smallest absolute Gasteiger partial charge is 0.0991 e. The maximum Gasteiger partial charge on any atom is 0.0991 e. The van der Waals surface area contributed by atoms with E-state index in [-0.39, 0.29) is 62.0 Å². The van der Waals surface area contributed by atoms with Gasteiger partial charge in [0, 0.05) is 0 Å². The van der Waals surface area contributed by atoms with Gasteiger partial charge in [-0.05, 0) is 12.1 Å². The van der Waals surface area contributed by atoms with Crippen LogP contribution in [0, 0.1) is 11.3 Å². The zero-order valence-corrected chi connectivity index (χ0v) is 10.5. The second kappa shape index (κ2) is 18.0. The van der Waals surface area contributed by atoms with Crippen LogP contribution in [0.1, 0.15) is 5.56 Å². The van der Waals surface area contributed by atoms with Crippen molar-refractivity contribution in [3.8, 4) is 6.07 Å². The molecule has 0 unspecified atom stereocenters. The minimum absolute atomic E-state index is 0. The Morgan fingerprint density at radius 2 is 1.15 bits per heavy atom. The van der Waals surface area contributed by atoms with Crippen molar-refractivity contribution in [2.45, 2.75) is 0 Å². The first-order valence-corrected chi connectivity index (χ1v) is 2.38. The standard InChI is InChI=1S/C7H5N.5ClH/c8-6-7-4-2-1-3-5-7;;;;;/h1-5H;5*1H. The Morgan fingerprint density at radius 3 is 1.38 bits per heavy atom. The average molecular weight is 285 g/mol. The molecule has 0 aliphatic carbocycles. The second-order valence-electron chi connectivity index (χ2n) is 1.48. The number of hydrogen-bond donors (Lipinski definition) is 0. The lowest BCUT2D eigenvalue weighted by Gasteiger charge is -1.80. The molecule has 1 aromatic rings. The van der Waals surface area contributed by atoms with Gasteiger partial charge in [0.05, 0.1) is 11.6 Å². The SMILES string of the molecule is Cl.Cl.Cl.Cl.Cl.N#Cc1ccccc1. The Bertz CT molecular complexity index is 208. The van der Waals surface area contributed by atoms with Crippen molar-refractivity contribution in [2.75, 3.05) is 0 Å². The van der Waals surface area contributed by atoms with Gasteiger partial charge in [0.1, 0.15) is 0 Å². The molecule has 1 aromatic carbocycles. The third-order valence-corrected chi connectivity index (χ3v) is 0.903. The van der Waals surface area contributed by atoms with Gasteiger partial charge in [-0.2, -0.15) is 5.26 Å². The van der Waals surface area contributed by atoms with Gasteiger partial charge < -0.3 is 0 Å². The van der Waals surface area contributed by atoms with Crippen molar-refractivity contribution < 1.29 is 0 Å². The van der Waals surface area contributed by atoms with Crippen LogP contribution in [-0.2, 0) is 0 Å². The number of hydrogen-bond acceptors (Lipinski definition) is 1. The Labute approximate surface area is 109 Å². The monoisotopic (exact) mass is 283 g/mol. The number of nitrogens with zero attached hydrogens (tertiary/aromatic N) is 1. The highest BCUT2D eigenvalue weighted by Gasteiger charge is 1.79. The lowest BCUT2D eigenvalue weighted by Crippen LogP contribution is -1.66. The molecule has 0 aliphatic heterocycles. The molecule has 0 amide bonds. The highest BCUT2D eigenvalue weighted by molar-refractivity contribution is 5.86. The number of rotatable bonds is 0. The Hall–Kier alpha value is 0.160. The van der Waals surface area contributed by atoms with E-state index in [0.717, 1.165) is 0 Å². The van der Waals surface area contributed by atoms with Crippen molar-refractivity contribution in [3.63, 3.8) is 0 Å². The summed E-state index contributed by atoms with van der Waals surface area (Å²) < 4.78 is 0. The molecular formula is C7H10Cl5N. The van der Waals surface area contributed by atoms with Gasteiger partial charge in [-0.25, -0.2) is 0 Å². The summed E-state index contributed by atoms with van der Waals surface area (Å²) in [7, 11) is 0. The van der Waals surface area contributed by atoms with Gasteiger partial charge in [-0.15, -0.1) is 62.0 Å². The third-order valence-electron chi connectivity index (χ3n) is 0.903. The molecule has 78 valence electrons. The van der Waals surface area contributed by atoms with Gasteiger partial charge in [0.25, 0.3) is 0 Å². The summed E-state index contributed by atoms with van der Waals surface area (Å²) in [6, 6.07) is 11.2. The van der Waals surface area contributed by atoms with Gasteiger partial charge in [-0.3, -0.25) is 0 Å². The Balaban J connectivity index is -0.0000000427. The van der Waals surface area contributed by atoms with Gasteiger partial charge in [-0.1, -0.05) is 18.2 Å². The van der Waals surface area contributed by atoms with E-state index in [0.29, 0.717) is 5.56 Å². The molecule has 0 aliphatic rings. The molecule has 0 N–H and O–H groups in total. The maximum absolute atomic E-state index is 8.29. The number of halogens is 5. The van der Waals surface area contributed by atoms with Crippen LogP contribution in [0.3, 0.4) is 0 Å². The van der Waals surface area contributed by atoms with Crippen LogP contribution >= 0.6 is 62.0 Å². The van der Waals surface area contributed by atoms with E-state index in [2.05, 4.69) is 0 Å². The van der Waals surface area contributed by atoms with Crippen LogP contribution in [-0.4, -0.2) is 0 Å². The molecule has 6 heteroatoms. The predicted molar refractivity (Wildman–Crippen MR) is 67.4 cm³/mol. The first-order chi connectivity index (χ1) is 3.93. The highest BCUT2D eigenvalue weighted by atomic mass is 35.5. The maximum atomic E-state index is 8.29. The zero-order chi connectivity index (χ0) is 5.82. The number of nitriles is 1. The summed E-state index contributed by atoms with van der Waals surface area (Å²) in [5.74, 6) is 0. The molecule has 1 rings (SSSR count). The molecule has 1 nitrogen and oxygen atoms in total. The third kappa shape index (κ3) is 12.2. The minimum Gasteiger partial charge on any atom is -0.192 e. The van der Waals surface area contributed by atoms with Crippen molar-refractivity contribution in [1.29, 1.82) is 5.26 Å². The van der Waals surface area contributed by atoms with Crippen molar-refractivity contribution in [3.05, 3.63) is 35.9 Å². The lowest BCUT2D eigenvalue weighted by atomic mass is 10.2. The van der Waals surface area contributed by atoms with E-state index in [1.807, 2.05) is 24.3 Å². The fraction of sp³-hybridized carbons (Fsp3) is 0. The summed E-state index contributed by atoms with van der Waals surface area (Å²) >= 11 is 0. The van der Waals surface area contributed by atoms with Crippen molar-refractivity contribution >= 4 is 62.0 Å². The molecule has 0 saturated carbocycles. The number of benzene rings is 1. The topological polar surface area (TPSA) is 23.8 Å². The van der Waals surface area contributed by atoms with Crippen LogP contribution in [0.4, 0.5) is 0 Å². The van der Waals surface area contributed by atoms with Gasteiger partial charge in [0.2, 0.25) is 0 Å². The van der Waals surface area contributed by atoms with Gasteiger partial charge in [0.15, 0.2) is 0 Å². The largest absolute Gasteiger partial charge is 0.192 e. The lowest BCUT2D eigenvalue weighted by molar-refractivity contribution is 1.49. The van der Waals surface area contributed by atoms with Crippen LogP contribution in [0.5, 0.6) is 0 Å². The molecule has 0 bridgehead atoms. The van der Waals surface area contributed by atoms with E-state index in [1.165, 1.54) is 0 Å². The molecule has 0 saturated heterocycles. The fourth-order valence-electron chi connectivity index (χ4n) is 0.513. The second-order valence-corrected chi connectivity index (χ2v) is 1.48. The molecule has 0 fully saturated rings. The normalized spacial score (nSPS) is 4.85. The molecule has 0 radical (unpaired) electrons.